The van der Waals surface area contributed by atoms with Crippen LogP contribution in [0.4, 0.5) is 5.69 Å². The molecule has 0 atom stereocenters. The molecule has 0 aliphatic heterocycles. The summed E-state index contributed by atoms with van der Waals surface area (Å²) in [7, 11) is -3.85. The quantitative estimate of drug-likeness (QED) is 0.537. The van der Waals surface area contributed by atoms with Crippen molar-refractivity contribution in [1.82, 2.24) is 0 Å². The van der Waals surface area contributed by atoms with Crippen LogP contribution in [0.2, 0.25) is 0 Å². The van der Waals surface area contributed by atoms with Crippen LogP contribution in [0.5, 0.6) is 0 Å². The SMILES string of the molecule is Cc1ccc(N/N=C(/C#N)S(=O)(=O)c2ccsc2)cc1. The Morgan fingerprint density at radius 1 is 1.30 bits per heavy atom. The topological polar surface area (TPSA) is 82.3 Å². The first-order valence-electron chi connectivity index (χ1n) is 5.62. The summed E-state index contributed by atoms with van der Waals surface area (Å²) in [6.07, 6.45) is 0. The lowest BCUT2D eigenvalue weighted by Gasteiger charge is -2.02. The number of thiophene rings is 1. The van der Waals surface area contributed by atoms with Crippen LogP contribution in [-0.4, -0.2) is 13.5 Å². The van der Waals surface area contributed by atoms with Crippen LogP contribution < -0.4 is 5.43 Å². The number of anilines is 1. The number of hydrazone groups is 1. The molecule has 1 heterocycles. The summed E-state index contributed by atoms with van der Waals surface area (Å²) in [5, 5.41) is 15.2. The van der Waals surface area contributed by atoms with E-state index in [0.29, 0.717) is 5.69 Å². The lowest BCUT2D eigenvalue weighted by Crippen LogP contribution is -2.14. The molecule has 0 aliphatic rings. The van der Waals surface area contributed by atoms with Crippen molar-refractivity contribution in [3.63, 3.8) is 0 Å². The fourth-order valence-electron chi connectivity index (χ4n) is 1.41. The number of rotatable bonds is 3. The van der Waals surface area contributed by atoms with E-state index in [9.17, 15) is 8.42 Å². The normalized spacial score (nSPS) is 11.9. The molecule has 0 radical (unpaired) electrons. The Balaban J connectivity index is 2.27. The van der Waals surface area contributed by atoms with E-state index in [1.807, 2.05) is 19.1 Å². The molecule has 0 saturated carbocycles. The van der Waals surface area contributed by atoms with Crippen molar-refractivity contribution >= 4 is 31.9 Å². The third-order valence-electron chi connectivity index (χ3n) is 2.49. The largest absolute Gasteiger partial charge is 0.277 e. The molecule has 1 N–H and O–H groups in total. The van der Waals surface area contributed by atoms with E-state index < -0.39 is 14.9 Å². The molecule has 0 saturated heterocycles. The molecule has 1 aromatic heterocycles. The highest BCUT2D eigenvalue weighted by atomic mass is 32.2. The minimum absolute atomic E-state index is 0.0773. The van der Waals surface area contributed by atoms with Gasteiger partial charge in [0.25, 0.3) is 5.04 Å². The van der Waals surface area contributed by atoms with Crippen molar-refractivity contribution < 1.29 is 8.42 Å². The number of hydrogen-bond acceptors (Lipinski definition) is 6. The fourth-order valence-corrected chi connectivity index (χ4v) is 3.44. The van der Waals surface area contributed by atoms with E-state index >= 15 is 0 Å². The van der Waals surface area contributed by atoms with Gasteiger partial charge in [0.15, 0.2) is 0 Å². The van der Waals surface area contributed by atoms with E-state index in [2.05, 4.69) is 10.5 Å². The van der Waals surface area contributed by atoms with Crippen LogP contribution in [0.1, 0.15) is 5.56 Å². The van der Waals surface area contributed by atoms with Crippen LogP contribution in [0.15, 0.2) is 51.1 Å². The van der Waals surface area contributed by atoms with Crippen LogP contribution in [-0.2, 0) is 9.84 Å². The number of nitrogens with zero attached hydrogens (tertiary/aromatic N) is 2. The van der Waals surface area contributed by atoms with Crippen LogP contribution >= 0.6 is 11.3 Å². The Kier molecular flexibility index (Phi) is 4.17. The van der Waals surface area contributed by atoms with Gasteiger partial charge in [-0.05, 0) is 30.5 Å². The average molecular weight is 305 g/mol. The van der Waals surface area contributed by atoms with E-state index in [1.165, 1.54) is 22.8 Å². The van der Waals surface area contributed by atoms with Gasteiger partial charge >= 0.3 is 0 Å². The van der Waals surface area contributed by atoms with Crippen molar-refractivity contribution in [1.29, 1.82) is 5.26 Å². The maximum Gasteiger partial charge on any atom is 0.256 e. The number of nitrogens with one attached hydrogen (secondary N) is 1. The van der Waals surface area contributed by atoms with Gasteiger partial charge in [0.05, 0.1) is 10.6 Å². The van der Waals surface area contributed by atoms with E-state index in [0.717, 1.165) is 5.56 Å². The summed E-state index contributed by atoms with van der Waals surface area (Å²) in [4.78, 5) is 0.0773. The zero-order valence-corrected chi connectivity index (χ0v) is 12.2. The fraction of sp³-hybridized carbons (Fsp3) is 0.0769. The van der Waals surface area contributed by atoms with Gasteiger partial charge in [-0.1, -0.05) is 17.7 Å². The number of nitriles is 1. The molecule has 0 spiro atoms. The van der Waals surface area contributed by atoms with Crippen LogP contribution in [0.25, 0.3) is 0 Å². The Hall–Kier alpha value is -2.17. The molecular weight excluding hydrogens is 294 g/mol. The molecule has 7 heteroatoms. The summed E-state index contributed by atoms with van der Waals surface area (Å²) in [6, 6.07) is 10.3. The monoisotopic (exact) mass is 305 g/mol. The van der Waals surface area contributed by atoms with Crippen molar-refractivity contribution in [2.75, 3.05) is 5.43 Å². The zero-order chi connectivity index (χ0) is 14.6. The molecule has 2 rings (SSSR count). The highest BCUT2D eigenvalue weighted by molar-refractivity contribution is 8.07. The third-order valence-corrected chi connectivity index (χ3v) is 4.89. The Morgan fingerprint density at radius 2 is 2.00 bits per heavy atom. The minimum atomic E-state index is -3.85. The summed E-state index contributed by atoms with van der Waals surface area (Å²) < 4.78 is 24.2. The van der Waals surface area contributed by atoms with Crippen molar-refractivity contribution in [2.45, 2.75) is 11.8 Å². The summed E-state index contributed by atoms with van der Waals surface area (Å²) in [6.45, 7) is 1.94. The average Bonchev–Trinajstić information content (AvgIpc) is 2.96. The highest BCUT2D eigenvalue weighted by Crippen LogP contribution is 2.16. The van der Waals surface area contributed by atoms with Crippen molar-refractivity contribution in [2.24, 2.45) is 5.10 Å². The Labute approximate surface area is 121 Å². The van der Waals surface area contributed by atoms with Gasteiger partial charge in [-0.3, -0.25) is 5.43 Å². The van der Waals surface area contributed by atoms with E-state index in [4.69, 9.17) is 5.26 Å². The van der Waals surface area contributed by atoms with Gasteiger partial charge in [0, 0.05) is 5.38 Å². The first kappa shape index (κ1) is 14.2. The maximum atomic E-state index is 12.1. The molecule has 20 heavy (non-hydrogen) atoms. The molecule has 2 aromatic rings. The molecule has 0 unspecified atom stereocenters. The lowest BCUT2D eigenvalue weighted by molar-refractivity contribution is 0.607. The molecule has 0 fully saturated rings. The molecule has 0 amide bonds. The summed E-state index contributed by atoms with van der Waals surface area (Å²) >= 11 is 1.25. The summed E-state index contributed by atoms with van der Waals surface area (Å²) in [5.41, 5.74) is 4.27. The van der Waals surface area contributed by atoms with Crippen molar-refractivity contribution in [3.8, 4) is 6.07 Å². The predicted octanol–water partition coefficient (Wildman–Crippen LogP) is 2.78. The number of hydrogen-bond donors (Lipinski definition) is 1. The first-order valence-corrected chi connectivity index (χ1v) is 8.04. The van der Waals surface area contributed by atoms with Crippen LogP contribution in [0, 0.1) is 18.3 Å². The molecule has 5 nitrogen and oxygen atoms in total. The number of benzene rings is 1. The lowest BCUT2D eigenvalue weighted by atomic mass is 10.2. The van der Waals surface area contributed by atoms with Crippen molar-refractivity contribution in [3.05, 3.63) is 46.7 Å². The van der Waals surface area contributed by atoms with Gasteiger partial charge < -0.3 is 0 Å². The zero-order valence-electron chi connectivity index (χ0n) is 10.6. The molecule has 0 bridgehead atoms. The Bertz CT molecular complexity index is 755. The third kappa shape index (κ3) is 3.04. The van der Waals surface area contributed by atoms with Gasteiger partial charge in [-0.15, -0.1) is 0 Å². The first-order chi connectivity index (χ1) is 9.54. The van der Waals surface area contributed by atoms with E-state index in [-0.39, 0.29) is 4.90 Å². The highest BCUT2D eigenvalue weighted by Gasteiger charge is 2.23. The number of aryl methyl sites for hydroxylation is 1. The smallest absolute Gasteiger partial charge is 0.256 e. The van der Waals surface area contributed by atoms with Gasteiger partial charge in [-0.25, -0.2) is 8.42 Å². The minimum Gasteiger partial charge on any atom is -0.277 e. The summed E-state index contributed by atoms with van der Waals surface area (Å²) in [5.74, 6) is 0. The molecule has 102 valence electrons. The number of sulfone groups is 1. The second-order valence-corrected chi connectivity index (χ2v) is 6.61. The van der Waals surface area contributed by atoms with Gasteiger partial charge in [0.2, 0.25) is 9.84 Å². The van der Waals surface area contributed by atoms with Gasteiger partial charge in [0.1, 0.15) is 6.07 Å². The van der Waals surface area contributed by atoms with Crippen LogP contribution in [0.3, 0.4) is 0 Å². The predicted molar refractivity (Wildman–Crippen MR) is 79.4 cm³/mol. The standard InChI is InChI=1S/C13H11N3O2S2/c1-10-2-4-11(5-3-10)15-16-13(8-14)20(17,18)12-6-7-19-9-12/h2-7,9,15H,1H3/b16-13-. The molecule has 0 aliphatic carbocycles. The molecule has 1 aromatic carbocycles. The van der Waals surface area contributed by atoms with Gasteiger partial charge in [-0.2, -0.15) is 21.7 Å². The van der Waals surface area contributed by atoms with E-state index in [1.54, 1.807) is 23.6 Å². The maximum absolute atomic E-state index is 12.1. The molecular formula is C13H11N3O2S2. The second-order valence-electron chi connectivity index (χ2n) is 3.97. The Morgan fingerprint density at radius 3 is 2.55 bits per heavy atom. The second kappa shape index (κ2) is 5.86.